The van der Waals surface area contributed by atoms with Gasteiger partial charge in [0.15, 0.2) is 0 Å². The monoisotopic (exact) mass is 449 g/mol. The summed E-state index contributed by atoms with van der Waals surface area (Å²) in [6.45, 7) is 6.71. The highest BCUT2D eigenvalue weighted by Gasteiger charge is 2.35. The van der Waals surface area contributed by atoms with Crippen LogP contribution in [0.25, 0.3) is 5.57 Å². The van der Waals surface area contributed by atoms with Crippen LogP contribution in [0.15, 0.2) is 24.3 Å². The molecule has 2 aliphatic rings. The Morgan fingerprint density at radius 1 is 1.34 bits per heavy atom. The summed E-state index contributed by atoms with van der Waals surface area (Å²) in [5, 5.41) is 12.3. The van der Waals surface area contributed by atoms with E-state index < -0.39 is 35.8 Å². The Morgan fingerprint density at radius 3 is 2.66 bits per heavy atom. The van der Waals surface area contributed by atoms with E-state index in [-0.39, 0.29) is 37.7 Å². The van der Waals surface area contributed by atoms with Crippen LogP contribution in [0.3, 0.4) is 0 Å². The molecule has 0 aliphatic carbocycles. The van der Waals surface area contributed by atoms with E-state index in [1.807, 2.05) is 0 Å². The Bertz CT molecular complexity index is 942. The number of amides is 3. The molecule has 2 N–H and O–H groups in total. The summed E-state index contributed by atoms with van der Waals surface area (Å²) in [5.41, 5.74) is 0.421. The van der Waals surface area contributed by atoms with Crippen molar-refractivity contribution in [3.05, 3.63) is 35.7 Å². The van der Waals surface area contributed by atoms with Gasteiger partial charge in [-0.3, -0.25) is 14.6 Å². The van der Waals surface area contributed by atoms with Crippen molar-refractivity contribution < 1.29 is 33.4 Å². The summed E-state index contributed by atoms with van der Waals surface area (Å²) in [6, 6.07) is 3.72. The van der Waals surface area contributed by atoms with Crippen LogP contribution >= 0.6 is 0 Å². The fraction of sp³-hybridized carbons (Fsp3) is 0.500. The minimum Gasteiger partial charge on any atom is -0.444 e. The lowest BCUT2D eigenvalue weighted by atomic mass is 10.0. The van der Waals surface area contributed by atoms with Crippen molar-refractivity contribution in [2.24, 2.45) is 0 Å². The van der Waals surface area contributed by atoms with Gasteiger partial charge in [-0.1, -0.05) is 6.08 Å². The minimum absolute atomic E-state index is 0.0843. The SMILES string of the molecule is CC(=O)NC[C@H]1CN(c2ccc(C3=C[C@@H](CO)N(C(=O)OC(C)(C)C)C3)c(F)c2)C(=O)O1. The second-order valence-corrected chi connectivity index (χ2v) is 8.77. The minimum atomic E-state index is -0.700. The molecule has 0 saturated carbocycles. The topological polar surface area (TPSA) is 108 Å². The highest BCUT2D eigenvalue weighted by Crippen LogP contribution is 2.31. The highest BCUT2D eigenvalue weighted by molar-refractivity contribution is 5.90. The first kappa shape index (κ1) is 23.5. The Hall–Kier alpha value is -3.14. The molecule has 2 aliphatic heterocycles. The largest absolute Gasteiger partial charge is 0.444 e. The van der Waals surface area contributed by atoms with Crippen LogP contribution in [0.1, 0.15) is 33.3 Å². The smallest absolute Gasteiger partial charge is 0.414 e. The number of hydrogen-bond donors (Lipinski definition) is 2. The average Bonchev–Trinajstić information content (AvgIpc) is 3.28. The van der Waals surface area contributed by atoms with E-state index in [9.17, 15) is 23.9 Å². The predicted octanol–water partition coefficient (Wildman–Crippen LogP) is 2.28. The number of carbonyl (C=O) groups excluding carboxylic acids is 3. The number of rotatable bonds is 5. The standard InChI is InChI=1S/C22H28FN3O6/c1-13(28)24-9-17-11-26(20(29)31-17)15-5-6-18(19(23)8-15)14-7-16(12-27)25(10-14)21(30)32-22(2,3)4/h5-8,16-17,27H,9-12H2,1-4H3,(H,24,28)/t16-,17-/m0/s1. The van der Waals surface area contributed by atoms with Crippen molar-refractivity contribution in [1.29, 1.82) is 0 Å². The highest BCUT2D eigenvalue weighted by atomic mass is 19.1. The number of carbonyl (C=O) groups is 3. The molecule has 1 saturated heterocycles. The lowest BCUT2D eigenvalue weighted by Gasteiger charge is -2.27. The molecule has 1 aromatic rings. The molecular formula is C22H28FN3O6. The maximum absolute atomic E-state index is 15.0. The van der Waals surface area contributed by atoms with Crippen molar-refractivity contribution in [3.63, 3.8) is 0 Å². The molecule has 32 heavy (non-hydrogen) atoms. The molecule has 0 radical (unpaired) electrons. The van der Waals surface area contributed by atoms with Gasteiger partial charge in [-0.25, -0.2) is 14.0 Å². The first-order valence-electron chi connectivity index (χ1n) is 10.3. The third-order valence-corrected chi connectivity index (χ3v) is 5.01. The van der Waals surface area contributed by atoms with Gasteiger partial charge in [0, 0.05) is 12.5 Å². The van der Waals surface area contributed by atoms with E-state index >= 15 is 0 Å². The van der Waals surface area contributed by atoms with Gasteiger partial charge in [0.25, 0.3) is 0 Å². The lowest BCUT2D eigenvalue weighted by Crippen LogP contribution is -2.41. The Kier molecular flexibility index (Phi) is 6.73. The molecule has 10 heteroatoms. The van der Waals surface area contributed by atoms with E-state index in [0.29, 0.717) is 11.3 Å². The second-order valence-electron chi connectivity index (χ2n) is 8.77. The summed E-state index contributed by atoms with van der Waals surface area (Å²) in [6.07, 6.45) is -0.108. The summed E-state index contributed by atoms with van der Waals surface area (Å²) in [5.74, 6) is -0.809. The average molecular weight is 449 g/mol. The number of hydrogen-bond acceptors (Lipinski definition) is 6. The Balaban J connectivity index is 1.73. The zero-order chi connectivity index (χ0) is 23.6. The van der Waals surface area contributed by atoms with Gasteiger partial charge in [-0.2, -0.15) is 0 Å². The molecular weight excluding hydrogens is 421 g/mol. The molecule has 1 fully saturated rings. The van der Waals surface area contributed by atoms with E-state index in [2.05, 4.69) is 5.32 Å². The van der Waals surface area contributed by atoms with E-state index in [0.717, 1.165) is 0 Å². The van der Waals surface area contributed by atoms with E-state index in [4.69, 9.17) is 9.47 Å². The normalized spacial score (nSPS) is 20.8. The molecule has 2 heterocycles. The van der Waals surface area contributed by atoms with Gasteiger partial charge in [0.05, 0.1) is 38.0 Å². The number of halogens is 1. The summed E-state index contributed by atoms with van der Waals surface area (Å²) < 4.78 is 25.6. The Labute approximate surface area is 185 Å². The third kappa shape index (κ3) is 5.37. The van der Waals surface area contributed by atoms with Crippen molar-refractivity contribution in [2.75, 3.05) is 31.1 Å². The number of nitrogens with one attached hydrogen (secondary N) is 1. The van der Waals surface area contributed by atoms with Gasteiger partial charge in [0.2, 0.25) is 5.91 Å². The van der Waals surface area contributed by atoms with Crippen molar-refractivity contribution in [2.45, 2.75) is 45.4 Å². The van der Waals surface area contributed by atoms with Gasteiger partial charge in [0.1, 0.15) is 17.5 Å². The number of nitrogens with zero attached hydrogens (tertiary/aromatic N) is 2. The van der Waals surface area contributed by atoms with Crippen LogP contribution in [-0.4, -0.2) is 72.1 Å². The Morgan fingerprint density at radius 2 is 2.06 bits per heavy atom. The zero-order valence-electron chi connectivity index (χ0n) is 18.6. The molecule has 2 atom stereocenters. The van der Waals surface area contributed by atoms with Gasteiger partial charge in [-0.05, 0) is 44.5 Å². The van der Waals surface area contributed by atoms with Crippen molar-refractivity contribution in [1.82, 2.24) is 10.2 Å². The van der Waals surface area contributed by atoms with Crippen LogP contribution in [0.2, 0.25) is 0 Å². The predicted molar refractivity (Wildman–Crippen MR) is 114 cm³/mol. The van der Waals surface area contributed by atoms with Gasteiger partial charge >= 0.3 is 12.2 Å². The molecule has 174 valence electrons. The van der Waals surface area contributed by atoms with Crippen LogP contribution < -0.4 is 10.2 Å². The van der Waals surface area contributed by atoms with E-state index in [1.54, 1.807) is 32.9 Å². The second kappa shape index (κ2) is 9.15. The number of ether oxygens (including phenoxy) is 2. The molecule has 9 nitrogen and oxygen atoms in total. The number of aliphatic hydroxyl groups is 1. The fourth-order valence-electron chi connectivity index (χ4n) is 3.55. The molecule has 3 amide bonds. The molecule has 1 aromatic carbocycles. The molecule has 3 rings (SSSR count). The molecule has 0 aromatic heterocycles. The van der Waals surface area contributed by atoms with E-state index in [1.165, 1.54) is 28.9 Å². The first-order chi connectivity index (χ1) is 15.0. The maximum Gasteiger partial charge on any atom is 0.414 e. The molecule has 0 bridgehead atoms. The number of anilines is 1. The summed E-state index contributed by atoms with van der Waals surface area (Å²) in [7, 11) is 0. The lowest BCUT2D eigenvalue weighted by molar-refractivity contribution is -0.119. The van der Waals surface area contributed by atoms with Crippen LogP contribution in [0.4, 0.5) is 19.7 Å². The quantitative estimate of drug-likeness (QED) is 0.714. The zero-order valence-corrected chi connectivity index (χ0v) is 18.6. The first-order valence-corrected chi connectivity index (χ1v) is 10.3. The summed E-state index contributed by atoms with van der Waals surface area (Å²) >= 11 is 0. The molecule has 0 spiro atoms. The fourth-order valence-corrected chi connectivity index (χ4v) is 3.55. The number of cyclic esters (lactones) is 1. The summed E-state index contributed by atoms with van der Waals surface area (Å²) in [4.78, 5) is 38.3. The number of aliphatic hydroxyl groups excluding tert-OH is 1. The third-order valence-electron chi connectivity index (χ3n) is 5.01. The van der Waals surface area contributed by atoms with Crippen LogP contribution in [-0.2, 0) is 14.3 Å². The maximum atomic E-state index is 15.0. The van der Waals surface area contributed by atoms with Crippen LogP contribution in [0, 0.1) is 5.82 Å². The number of benzene rings is 1. The molecule has 0 unspecified atom stereocenters. The van der Waals surface area contributed by atoms with Crippen molar-refractivity contribution in [3.8, 4) is 0 Å². The van der Waals surface area contributed by atoms with Gasteiger partial charge < -0.3 is 19.9 Å². The van der Waals surface area contributed by atoms with Gasteiger partial charge in [-0.15, -0.1) is 0 Å². The van der Waals surface area contributed by atoms with Crippen molar-refractivity contribution >= 4 is 29.4 Å². The van der Waals surface area contributed by atoms with Crippen LogP contribution in [0.5, 0.6) is 0 Å².